The molecule has 2 amide bonds. The quantitative estimate of drug-likeness (QED) is 0.528. The van der Waals surface area contributed by atoms with E-state index in [9.17, 15) is 10.1 Å². The minimum atomic E-state index is -0.586. The van der Waals surface area contributed by atoms with E-state index in [-0.39, 0.29) is 0 Å². The lowest BCUT2D eigenvalue weighted by atomic mass is 10.1. The molecule has 0 unspecified atom stereocenters. The SMILES string of the molecule is N#Cc1ccc2cc(NC(N)=O)n(CCCCN3CCN(c4cccc5c4OCC5)CC3)c2c1. The molecule has 5 rings (SSSR count). The van der Waals surface area contributed by atoms with Gasteiger partial charge in [0.2, 0.25) is 0 Å². The van der Waals surface area contributed by atoms with Gasteiger partial charge in [-0.15, -0.1) is 0 Å². The summed E-state index contributed by atoms with van der Waals surface area (Å²) in [5, 5.41) is 13.0. The fourth-order valence-electron chi connectivity index (χ4n) is 5.06. The zero-order valence-corrected chi connectivity index (χ0v) is 19.3. The van der Waals surface area contributed by atoms with Gasteiger partial charge in [0.25, 0.3) is 0 Å². The number of piperazine rings is 1. The topological polar surface area (TPSA) is 99.5 Å². The zero-order chi connectivity index (χ0) is 23.5. The molecule has 8 heteroatoms. The molecule has 8 nitrogen and oxygen atoms in total. The van der Waals surface area contributed by atoms with Crippen LogP contribution in [0.3, 0.4) is 0 Å². The number of para-hydroxylation sites is 1. The lowest BCUT2D eigenvalue weighted by Gasteiger charge is -2.36. The molecule has 3 heterocycles. The molecular weight excluding hydrogens is 428 g/mol. The number of unbranched alkanes of at least 4 members (excludes halogenated alkanes) is 1. The highest BCUT2D eigenvalue weighted by molar-refractivity contribution is 5.93. The smallest absolute Gasteiger partial charge is 0.317 e. The summed E-state index contributed by atoms with van der Waals surface area (Å²) in [6, 6.07) is 15.6. The van der Waals surface area contributed by atoms with Crippen molar-refractivity contribution in [1.29, 1.82) is 5.26 Å². The second kappa shape index (κ2) is 9.65. The molecule has 0 aliphatic carbocycles. The summed E-state index contributed by atoms with van der Waals surface area (Å²) >= 11 is 0. The van der Waals surface area contributed by atoms with Crippen molar-refractivity contribution in [3.8, 4) is 11.8 Å². The molecule has 1 aromatic heterocycles. The number of fused-ring (bicyclic) bond motifs is 2. The van der Waals surface area contributed by atoms with E-state index >= 15 is 0 Å². The van der Waals surface area contributed by atoms with Crippen molar-refractivity contribution < 1.29 is 9.53 Å². The zero-order valence-electron chi connectivity index (χ0n) is 19.3. The molecule has 0 saturated carbocycles. The molecule has 0 atom stereocenters. The highest BCUT2D eigenvalue weighted by Gasteiger charge is 2.23. The number of hydrogen-bond donors (Lipinski definition) is 2. The van der Waals surface area contributed by atoms with E-state index in [1.54, 1.807) is 6.07 Å². The number of ether oxygens (including phenoxy) is 1. The van der Waals surface area contributed by atoms with E-state index < -0.39 is 6.03 Å². The maximum absolute atomic E-state index is 11.5. The van der Waals surface area contributed by atoms with Crippen LogP contribution in [0, 0.1) is 11.3 Å². The fourth-order valence-corrected chi connectivity index (χ4v) is 5.06. The monoisotopic (exact) mass is 458 g/mol. The number of carbonyl (C=O) groups excluding carboxylic acids is 1. The van der Waals surface area contributed by atoms with Crippen LogP contribution in [0.2, 0.25) is 0 Å². The molecule has 0 spiro atoms. The van der Waals surface area contributed by atoms with Crippen LogP contribution in [0.4, 0.5) is 16.3 Å². The minimum absolute atomic E-state index is 0.586. The molecule has 176 valence electrons. The van der Waals surface area contributed by atoms with Gasteiger partial charge in [-0.1, -0.05) is 18.2 Å². The van der Waals surface area contributed by atoms with E-state index in [2.05, 4.69) is 44.0 Å². The standard InChI is InChI=1S/C26H30N6O2/c27-18-19-6-7-21-17-24(29-26(28)33)32(23(21)16-19)10-2-1-9-30-11-13-31(14-12-30)22-5-3-4-20-8-15-34-25(20)22/h3-7,16-17H,1-2,8-15H2,(H3,28,29,33). The number of hydrogen-bond acceptors (Lipinski definition) is 5. The van der Waals surface area contributed by atoms with Crippen LogP contribution >= 0.6 is 0 Å². The molecule has 3 aromatic rings. The van der Waals surface area contributed by atoms with Gasteiger partial charge in [-0.05, 0) is 49.2 Å². The molecule has 1 fully saturated rings. The number of nitriles is 1. The number of rotatable bonds is 7. The highest BCUT2D eigenvalue weighted by Crippen LogP contribution is 2.36. The van der Waals surface area contributed by atoms with Gasteiger partial charge in [-0.25, -0.2) is 4.79 Å². The van der Waals surface area contributed by atoms with Gasteiger partial charge in [0.05, 0.1) is 29.4 Å². The van der Waals surface area contributed by atoms with Crippen molar-refractivity contribution in [2.24, 2.45) is 5.73 Å². The number of nitrogens with one attached hydrogen (secondary N) is 1. The first-order valence-electron chi connectivity index (χ1n) is 11.9. The summed E-state index contributed by atoms with van der Waals surface area (Å²) in [6.07, 6.45) is 3.03. The Balaban J connectivity index is 1.16. The Hall–Kier alpha value is -3.70. The molecular formula is C26H30N6O2. The molecule has 34 heavy (non-hydrogen) atoms. The van der Waals surface area contributed by atoms with Crippen molar-refractivity contribution >= 4 is 28.4 Å². The van der Waals surface area contributed by atoms with Crippen molar-refractivity contribution in [2.45, 2.75) is 25.8 Å². The van der Waals surface area contributed by atoms with Crippen LogP contribution in [0.25, 0.3) is 10.9 Å². The van der Waals surface area contributed by atoms with Gasteiger partial charge >= 0.3 is 6.03 Å². The third kappa shape index (κ3) is 4.52. The summed E-state index contributed by atoms with van der Waals surface area (Å²) in [7, 11) is 0. The maximum Gasteiger partial charge on any atom is 0.317 e. The van der Waals surface area contributed by atoms with E-state index in [4.69, 9.17) is 10.5 Å². The van der Waals surface area contributed by atoms with E-state index in [1.165, 1.54) is 11.3 Å². The first-order valence-corrected chi connectivity index (χ1v) is 11.9. The number of aryl methyl sites for hydroxylation is 1. The van der Waals surface area contributed by atoms with Crippen LogP contribution < -0.4 is 20.7 Å². The fraction of sp³-hybridized carbons (Fsp3) is 0.385. The average molecular weight is 459 g/mol. The molecule has 0 radical (unpaired) electrons. The number of urea groups is 1. The van der Waals surface area contributed by atoms with Crippen LogP contribution in [-0.4, -0.2) is 54.8 Å². The van der Waals surface area contributed by atoms with Gasteiger partial charge in [-0.2, -0.15) is 5.26 Å². The molecule has 2 aliphatic rings. The minimum Gasteiger partial charge on any atom is -0.491 e. The number of carbonyl (C=O) groups is 1. The van der Waals surface area contributed by atoms with Crippen LogP contribution in [0.15, 0.2) is 42.5 Å². The number of benzene rings is 2. The number of primary amides is 1. The maximum atomic E-state index is 11.5. The first kappa shape index (κ1) is 22.1. The predicted molar refractivity (Wildman–Crippen MR) is 133 cm³/mol. The molecule has 0 bridgehead atoms. The Morgan fingerprint density at radius 3 is 2.71 bits per heavy atom. The summed E-state index contributed by atoms with van der Waals surface area (Å²) in [4.78, 5) is 16.4. The number of aromatic nitrogens is 1. The Bertz CT molecular complexity index is 1240. The van der Waals surface area contributed by atoms with Crippen LogP contribution in [0.5, 0.6) is 5.75 Å². The summed E-state index contributed by atoms with van der Waals surface area (Å²) in [6.45, 7) is 6.67. The summed E-state index contributed by atoms with van der Waals surface area (Å²) in [5.74, 6) is 1.75. The van der Waals surface area contributed by atoms with Crippen molar-refractivity contribution in [2.75, 3.05) is 49.5 Å². The lowest BCUT2D eigenvalue weighted by Crippen LogP contribution is -2.46. The summed E-state index contributed by atoms with van der Waals surface area (Å²) in [5.41, 5.74) is 9.47. The van der Waals surface area contributed by atoms with Gasteiger partial charge in [0.1, 0.15) is 11.6 Å². The highest BCUT2D eigenvalue weighted by atomic mass is 16.5. The van der Waals surface area contributed by atoms with E-state index in [0.717, 1.165) is 81.8 Å². The third-order valence-corrected chi connectivity index (χ3v) is 6.80. The van der Waals surface area contributed by atoms with Crippen LogP contribution in [0.1, 0.15) is 24.0 Å². The van der Waals surface area contributed by atoms with E-state index in [0.29, 0.717) is 11.4 Å². The third-order valence-electron chi connectivity index (χ3n) is 6.80. The van der Waals surface area contributed by atoms with Crippen molar-refractivity contribution in [3.05, 3.63) is 53.6 Å². The number of amides is 2. The Kier molecular flexibility index (Phi) is 6.28. The van der Waals surface area contributed by atoms with Gasteiger partial charge < -0.3 is 19.9 Å². The molecule has 2 aromatic carbocycles. The largest absolute Gasteiger partial charge is 0.491 e. The number of nitrogens with two attached hydrogens (primary N) is 1. The van der Waals surface area contributed by atoms with E-state index in [1.807, 2.05) is 18.2 Å². The lowest BCUT2D eigenvalue weighted by molar-refractivity contribution is 0.250. The number of nitrogens with zero attached hydrogens (tertiary/aromatic N) is 4. The molecule has 3 N–H and O–H groups in total. The Labute approximate surface area is 199 Å². The van der Waals surface area contributed by atoms with Gasteiger partial charge in [-0.3, -0.25) is 10.2 Å². The van der Waals surface area contributed by atoms with Crippen LogP contribution in [-0.2, 0) is 13.0 Å². The summed E-state index contributed by atoms with van der Waals surface area (Å²) < 4.78 is 7.94. The normalized spacial score (nSPS) is 15.7. The van der Waals surface area contributed by atoms with Crippen molar-refractivity contribution in [3.63, 3.8) is 0 Å². The van der Waals surface area contributed by atoms with Gasteiger partial charge in [0.15, 0.2) is 0 Å². The molecule has 2 aliphatic heterocycles. The van der Waals surface area contributed by atoms with Crippen molar-refractivity contribution in [1.82, 2.24) is 9.47 Å². The average Bonchev–Trinajstić information content (AvgIpc) is 3.46. The number of anilines is 2. The Morgan fingerprint density at radius 2 is 1.91 bits per heavy atom. The predicted octanol–water partition coefficient (Wildman–Crippen LogP) is 3.54. The molecule has 1 saturated heterocycles. The Morgan fingerprint density at radius 1 is 1.09 bits per heavy atom. The second-order valence-electron chi connectivity index (χ2n) is 8.96. The second-order valence-corrected chi connectivity index (χ2v) is 8.96. The first-order chi connectivity index (χ1) is 16.6. The van der Waals surface area contributed by atoms with Gasteiger partial charge in [0, 0.05) is 44.5 Å².